The van der Waals surface area contributed by atoms with Crippen LogP contribution in [-0.4, -0.2) is 25.0 Å². The Bertz CT molecular complexity index is 1070. The maximum atomic E-state index is 13.1. The summed E-state index contributed by atoms with van der Waals surface area (Å²) >= 11 is 0. The van der Waals surface area contributed by atoms with Gasteiger partial charge in [-0.15, -0.1) is 0 Å². The van der Waals surface area contributed by atoms with Gasteiger partial charge in [0.2, 0.25) is 0 Å². The number of fused-ring (bicyclic) bond motifs is 1. The third-order valence-corrected chi connectivity index (χ3v) is 3.56. The molecule has 0 aliphatic carbocycles. The van der Waals surface area contributed by atoms with E-state index in [1.54, 1.807) is 18.2 Å². The quantitative estimate of drug-likeness (QED) is 0.375. The highest BCUT2D eigenvalue weighted by atomic mass is 19.2. The second-order valence-corrected chi connectivity index (χ2v) is 5.46. The maximum Gasteiger partial charge on any atom is 0.344 e. The van der Waals surface area contributed by atoms with Gasteiger partial charge in [0, 0.05) is 23.1 Å². The normalized spacial score (nSPS) is 10.6. The summed E-state index contributed by atoms with van der Waals surface area (Å²) in [6.07, 6.45) is 0. The molecule has 0 saturated heterocycles. The lowest BCUT2D eigenvalue weighted by molar-refractivity contribution is -0.144. The molecule has 0 bridgehead atoms. The Morgan fingerprint density at radius 1 is 0.926 bits per heavy atom. The van der Waals surface area contributed by atoms with E-state index in [0.717, 1.165) is 18.2 Å². The molecule has 0 saturated carbocycles. The number of rotatable bonds is 6. The molecule has 0 unspecified atom stereocenters. The van der Waals surface area contributed by atoms with Gasteiger partial charge in [0.15, 0.2) is 30.6 Å². The van der Waals surface area contributed by atoms with Crippen molar-refractivity contribution < 1.29 is 32.3 Å². The van der Waals surface area contributed by atoms with Crippen molar-refractivity contribution in [3.05, 3.63) is 76.1 Å². The summed E-state index contributed by atoms with van der Waals surface area (Å²) in [6, 6.07) is 10.2. The van der Waals surface area contributed by atoms with Gasteiger partial charge in [0.25, 0.3) is 0 Å². The molecule has 0 atom stereocenters. The van der Waals surface area contributed by atoms with Crippen molar-refractivity contribution in [2.24, 2.45) is 0 Å². The summed E-state index contributed by atoms with van der Waals surface area (Å²) in [6.45, 7) is -1.13. The smallest absolute Gasteiger partial charge is 0.344 e. The van der Waals surface area contributed by atoms with Crippen molar-refractivity contribution in [3.63, 3.8) is 0 Å². The Hall–Kier alpha value is -3.55. The first-order chi connectivity index (χ1) is 12.9. The van der Waals surface area contributed by atoms with Crippen LogP contribution in [0.5, 0.6) is 5.75 Å². The molecular formula is C19H12F2O6. The Kier molecular flexibility index (Phi) is 5.25. The molecule has 0 fully saturated rings. The fourth-order valence-electron chi connectivity index (χ4n) is 2.21. The zero-order valence-electron chi connectivity index (χ0n) is 13.7. The van der Waals surface area contributed by atoms with Gasteiger partial charge in [-0.3, -0.25) is 4.79 Å². The minimum atomic E-state index is -1.17. The molecule has 6 nitrogen and oxygen atoms in total. The summed E-state index contributed by atoms with van der Waals surface area (Å²) < 4.78 is 40.9. The Morgan fingerprint density at radius 3 is 2.48 bits per heavy atom. The standard InChI is InChI=1S/C19H12F2O6/c20-14-5-2-12(7-15(14)21)16(22)9-26-19(24)10-25-13-4-1-11-3-6-18(23)27-17(11)8-13/h1-8H,9-10H2. The van der Waals surface area contributed by atoms with E-state index in [2.05, 4.69) is 0 Å². The number of hydrogen-bond donors (Lipinski definition) is 0. The Balaban J connectivity index is 1.54. The van der Waals surface area contributed by atoms with E-state index in [4.69, 9.17) is 13.9 Å². The molecule has 3 aromatic rings. The predicted molar refractivity (Wildman–Crippen MR) is 89.6 cm³/mol. The molecule has 1 heterocycles. The van der Waals surface area contributed by atoms with Crippen molar-refractivity contribution >= 4 is 22.7 Å². The number of benzene rings is 2. The average Bonchev–Trinajstić information content (AvgIpc) is 2.66. The number of esters is 1. The minimum Gasteiger partial charge on any atom is -0.482 e. The van der Waals surface area contributed by atoms with Crippen LogP contribution in [0.15, 0.2) is 57.7 Å². The van der Waals surface area contributed by atoms with Crippen LogP contribution in [0, 0.1) is 11.6 Å². The number of carbonyl (C=O) groups excluding carboxylic acids is 2. The van der Waals surface area contributed by atoms with E-state index in [9.17, 15) is 23.2 Å². The van der Waals surface area contributed by atoms with E-state index < -0.39 is 42.2 Å². The number of carbonyl (C=O) groups is 2. The number of ketones is 1. The topological polar surface area (TPSA) is 82.8 Å². The zero-order valence-corrected chi connectivity index (χ0v) is 13.7. The number of halogens is 2. The zero-order chi connectivity index (χ0) is 19.4. The van der Waals surface area contributed by atoms with Crippen LogP contribution in [0.4, 0.5) is 8.78 Å². The molecule has 8 heteroatoms. The van der Waals surface area contributed by atoms with Gasteiger partial charge in [-0.2, -0.15) is 0 Å². The molecule has 0 radical (unpaired) electrons. The summed E-state index contributed by atoms with van der Waals surface area (Å²) in [4.78, 5) is 34.7. The Morgan fingerprint density at radius 2 is 1.70 bits per heavy atom. The lowest BCUT2D eigenvalue weighted by Gasteiger charge is -2.07. The number of ether oxygens (including phenoxy) is 2. The van der Waals surface area contributed by atoms with Crippen molar-refractivity contribution in [1.82, 2.24) is 0 Å². The molecule has 0 amide bonds. The van der Waals surface area contributed by atoms with Crippen molar-refractivity contribution in [2.45, 2.75) is 0 Å². The number of hydrogen-bond acceptors (Lipinski definition) is 6. The average molecular weight is 374 g/mol. The molecule has 0 N–H and O–H groups in total. The van der Waals surface area contributed by atoms with Crippen LogP contribution < -0.4 is 10.4 Å². The molecular weight excluding hydrogens is 362 g/mol. The highest BCUT2D eigenvalue weighted by Gasteiger charge is 2.13. The molecule has 0 aliphatic heterocycles. The monoisotopic (exact) mass is 374 g/mol. The lowest BCUT2D eigenvalue weighted by atomic mass is 10.1. The van der Waals surface area contributed by atoms with Gasteiger partial charge < -0.3 is 13.9 Å². The van der Waals surface area contributed by atoms with Crippen LogP contribution >= 0.6 is 0 Å². The molecule has 3 rings (SSSR count). The largest absolute Gasteiger partial charge is 0.482 e. The molecule has 1 aromatic heterocycles. The molecule has 0 aliphatic rings. The summed E-state index contributed by atoms with van der Waals surface area (Å²) in [5.41, 5.74) is -0.344. The molecule has 0 spiro atoms. The summed E-state index contributed by atoms with van der Waals surface area (Å²) in [5, 5.41) is 0.682. The van der Waals surface area contributed by atoms with Crippen molar-refractivity contribution in [2.75, 3.05) is 13.2 Å². The highest BCUT2D eigenvalue weighted by Crippen LogP contribution is 2.19. The third kappa shape index (κ3) is 4.55. The Labute approximate surface area is 150 Å². The highest BCUT2D eigenvalue weighted by molar-refractivity contribution is 5.98. The number of Topliss-reactive ketones (excluding diaryl/α,β-unsaturated/α-hetero) is 1. The van der Waals surface area contributed by atoms with Crippen molar-refractivity contribution in [3.8, 4) is 5.75 Å². The van der Waals surface area contributed by atoms with E-state index in [1.165, 1.54) is 12.1 Å². The van der Waals surface area contributed by atoms with E-state index in [0.29, 0.717) is 11.0 Å². The van der Waals surface area contributed by atoms with Gasteiger partial charge in [-0.05, 0) is 36.4 Å². The van der Waals surface area contributed by atoms with Gasteiger partial charge in [0.1, 0.15) is 11.3 Å². The van der Waals surface area contributed by atoms with Crippen LogP contribution in [0.2, 0.25) is 0 Å². The second-order valence-electron chi connectivity index (χ2n) is 5.46. The minimum absolute atomic E-state index is 0.118. The summed E-state index contributed by atoms with van der Waals surface area (Å²) in [5.74, 6) is -3.50. The van der Waals surface area contributed by atoms with Crippen LogP contribution in [0.1, 0.15) is 10.4 Å². The maximum absolute atomic E-state index is 13.1. The van der Waals surface area contributed by atoms with Gasteiger partial charge in [-0.1, -0.05) is 0 Å². The molecule has 27 heavy (non-hydrogen) atoms. The molecule has 2 aromatic carbocycles. The third-order valence-electron chi connectivity index (χ3n) is 3.56. The first-order valence-corrected chi connectivity index (χ1v) is 7.73. The lowest BCUT2D eigenvalue weighted by Crippen LogP contribution is -2.19. The fraction of sp³-hybridized carbons (Fsp3) is 0.105. The molecule has 138 valence electrons. The van der Waals surface area contributed by atoms with Gasteiger partial charge >= 0.3 is 11.6 Å². The van der Waals surface area contributed by atoms with Gasteiger partial charge in [0.05, 0.1) is 0 Å². The van der Waals surface area contributed by atoms with Crippen molar-refractivity contribution in [1.29, 1.82) is 0 Å². The van der Waals surface area contributed by atoms with Gasteiger partial charge in [-0.25, -0.2) is 18.4 Å². The SMILES string of the molecule is O=C(COc1ccc2ccc(=O)oc2c1)OCC(=O)c1ccc(F)c(F)c1. The predicted octanol–water partition coefficient (Wildman–Crippen LogP) is 2.88. The second kappa shape index (κ2) is 7.77. The van der Waals surface area contributed by atoms with Crippen LogP contribution in [-0.2, 0) is 9.53 Å². The fourth-order valence-corrected chi connectivity index (χ4v) is 2.21. The first-order valence-electron chi connectivity index (χ1n) is 7.73. The van der Waals surface area contributed by atoms with E-state index in [1.807, 2.05) is 0 Å². The van der Waals surface area contributed by atoms with E-state index >= 15 is 0 Å². The first kappa shape index (κ1) is 18.2. The van der Waals surface area contributed by atoms with E-state index in [-0.39, 0.29) is 11.3 Å². The summed E-state index contributed by atoms with van der Waals surface area (Å²) in [7, 11) is 0. The van der Waals surface area contributed by atoms with Crippen LogP contribution in [0.25, 0.3) is 11.0 Å². The van der Waals surface area contributed by atoms with Crippen LogP contribution in [0.3, 0.4) is 0 Å².